The number of carboxylic acids is 1. The summed E-state index contributed by atoms with van der Waals surface area (Å²) >= 11 is 0. The topological polar surface area (TPSA) is 84.9 Å². The normalized spacial score (nSPS) is 22.4. The molecule has 2 unspecified atom stereocenters. The maximum Gasteiger partial charge on any atom is 0.325 e. The Morgan fingerprint density at radius 3 is 2.42 bits per heavy atom. The highest BCUT2D eigenvalue weighted by atomic mass is 16.6. The number of carbonyl (C=O) groups excluding carboxylic acids is 1. The number of amides is 1. The molecule has 1 aromatic carbocycles. The zero-order chi connectivity index (χ0) is 14.0. The summed E-state index contributed by atoms with van der Waals surface area (Å²) in [6, 6.07) is 6.05. The van der Waals surface area contributed by atoms with Crippen molar-refractivity contribution in [3.05, 3.63) is 24.3 Å². The van der Waals surface area contributed by atoms with Crippen molar-refractivity contribution in [1.29, 1.82) is 0 Å². The second-order valence-electron chi connectivity index (χ2n) is 4.38. The van der Waals surface area contributed by atoms with E-state index in [0.717, 1.165) is 0 Å². The van der Waals surface area contributed by atoms with Gasteiger partial charge in [-0.25, -0.2) is 0 Å². The molecule has 0 saturated carbocycles. The van der Waals surface area contributed by atoms with Crippen LogP contribution >= 0.6 is 0 Å². The van der Waals surface area contributed by atoms with Crippen molar-refractivity contribution in [1.82, 2.24) is 5.32 Å². The SMILES string of the molecule is CC1Oc2ccccc2OC1C(=O)N[C@H](C)C(=O)O. The lowest BCUT2D eigenvalue weighted by Crippen LogP contribution is -2.52. The first-order valence-corrected chi connectivity index (χ1v) is 5.94. The smallest absolute Gasteiger partial charge is 0.325 e. The molecule has 102 valence electrons. The third-order valence-electron chi connectivity index (χ3n) is 2.83. The first-order valence-electron chi connectivity index (χ1n) is 5.94. The summed E-state index contributed by atoms with van der Waals surface area (Å²) in [4.78, 5) is 22.7. The minimum absolute atomic E-state index is 0.476. The van der Waals surface area contributed by atoms with Gasteiger partial charge in [-0.05, 0) is 26.0 Å². The number of fused-ring (bicyclic) bond motifs is 1. The summed E-state index contributed by atoms with van der Waals surface area (Å²) in [5.74, 6) is -0.552. The molecule has 1 aliphatic heterocycles. The van der Waals surface area contributed by atoms with E-state index in [2.05, 4.69) is 5.32 Å². The molecule has 0 fully saturated rings. The van der Waals surface area contributed by atoms with Crippen molar-refractivity contribution in [3.63, 3.8) is 0 Å². The monoisotopic (exact) mass is 265 g/mol. The number of carbonyl (C=O) groups is 2. The summed E-state index contributed by atoms with van der Waals surface area (Å²) in [6.45, 7) is 3.09. The molecule has 6 nitrogen and oxygen atoms in total. The van der Waals surface area contributed by atoms with Gasteiger partial charge < -0.3 is 19.9 Å². The van der Waals surface area contributed by atoms with Crippen LogP contribution in [0.5, 0.6) is 11.5 Å². The van der Waals surface area contributed by atoms with E-state index in [-0.39, 0.29) is 0 Å². The average molecular weight is 265 g/mol. The van der Waals surface area contributed by atoms with E-state index < -0.39 is 30.1 Å². The van der Waals surface area contributed by atoms with Crippen molar-refractivity contribution in [3.8, 4) is 11.5 Å². The van der Waals surface area contributed by atoms with E-state index in [9.17, 15) is 9.59 Å². The fourth-order valence-corrected chi connectivity index (χ4v) is 1.76. The van der Waals surface area contributed by atoms with Crippen LogP contribution in [0.3, 0.4) is 0 Å². The largest absolute Gasteiger partial charge is 0.482 e. The molecule has 1 amide bonds. The molecule has 0 aliphatic carbocycles. The first-order chi connectivity index (χ1) is 8.99. The number of ether oxygens (including phenoxy) is 2. The number of hydrogen-bond acceptors (Lipinski definition) is 4. The maximum atomic E-state index is 12.0. The third-order valence-corrected chi connectivity index (χ3v) is 2.83. The van der Waals surface area contributed by atoms with Gasteiger partial charge in [0.2, 0.25) is 6.10 Å². The average Bonchev–Trinajstić information content (AvgIpc) is 2.37. The van der Waals surface area contributed by atoms with Crippen LogP contribution in [0.15, 0.2) is 24.3 Å². The molecule has 0 spiro atoms. The number of carboxylic acid groups (broad SMARTS) is 1. The molecular weight excluding hydrogens is 250 g/mol. The quantitative estimate of drug-likeness (QED) is 0.844. The zero-order valence-corrected chi connectivity index (χ0v) is 10.6. The second kappa shape index (κ2) is 5.17. The lowest BCUT2D eigenvalue weighted by Gasteiger charge is -2.31. The molecule has 1 aromatic rings. The Labute approximate surface area is 110 Å². The van der Waals surface area contributed by atoms with Gasteiger partial charge in [-0.15, -0.1) is 0 Å². The molecule has 1 heterocycles. The minimum Gasteiger partial charge on any atom is -0.482 e. The lowest BCUT2D eigenvalue weighted by molar-refractivity contribution is -0.144. The number of aliphatic carboxylic acids is 1. The highest BCUT2D eigenvalue weighted by molar-refractivity contribution is 5.87. The van der Waals surface area contributed by atoms with E-state index in [4.69, 9.17) is 14.6 Å². The molecule has 0 saturated heterocycles. The van der Waals surface area contributed by atoms with Crippen LogP contribution in [0.1, 0.15) is 13.8 Å². The Morgan fingerprint density at radius 1 is 1.26 bits per heavy atom. The predicted octanol–water partition coefficient (Wildman–Crippen LogP) is 0.804. The van der Waals surface area contributed by atoms with Crippen LogP contribution in [0.4, 0.5) is 0 Å². The fourth-order valence-electron chi connectivity index (χ4n) is 1.76. The molecule has 3 atom stereocenters. The second-order valence-corrected chi connectivity index (χ2v) is 4.38. The first kappa shape index (κ1) is 13.2. The number of nitrogens with one attached hydrogen (secondary N) is 1. The Morgan fingerprint density at radius 2 is 1.84 bits per heavy atom. The minimum atomic E-state index is -1.10. The van der Waals surface area contributed by atoms with Gasteiger partial charge in [0, 0.05) is 0 Å². The molecule has 6 heteroatoms. The zero-order valence-electron chi connectivity index (χ0n) is 10.6. The summed E-state index contributed by atoms with van der Waals surface area (Å²) in [5.41, 5.74) is 0. The van der Waals surface area contributed by atoms with Gasteiger partial charge in [0.05, 0.1) is 0 Å². The van der Waals surface area contributed by atoms with E-state index >= 15 is 0 Å². The molecular formula is C13H15NO5. The number of rotatable bonds is 3. The summed E-state index contributed by atoms with van der Waals surface area (Å²) in [6.07, 6.45) is -1.35. The highest BCUT2D eigenvalue weighted by Crippen LogP contribution is 2.33. The van der Waals surface area contributed by atoms with Crippen molar-refractivity contribution in [2.45, 2.75) is 32.1 Å². The summed E-state index contributed by atoms with van der Waals surface area (Å²) < 4.78 is 11.1. The number of benzene rings is 1. The van der Waals surface area contributed by atoms with E-state index in [0.29, 0.717) is 11.5 Å². The van der Waals surface area contributed by atoms with Gasteiger partial charge in [-0.1, -0.05) is 12.1 Å². The molecule has 0 bridgehead atoms. The Hall–Kier alpha value is -2.24. The fraction of sp³-hybridized carbons (Fsp3) is 0.385. The number of hydrogen-bond donors (Lipinski definition) is 2. The van der Waals surface area contributed by atoms with Crippen molar-refractivity contribution < 1.29 is 24.2 Å². The van der Waals surface area contributed by atoms with Gasteiger partial charge in [0.15, 0.2) is 11.5 Å². The molecule has 0 radical (unpaired) electrons. The molecule has 2 N–H and O–H groups in total. The summed E-state index contributed by atoms with van der Waals surface area (Å²) in [5, 5.41) is 11.1. The Kier molecular flexibility index (Phi) is 3.59. The highest BCUT2D eigenvalue weighted by Gasteiger charge is 2.35. The molecule has 19 heavy (non-hydrogen) atoms. The van der Waals surface area contributed by atoms with Crippen LogP contribution in [0.25, 0.3) is 0 Å². The maximum absolute atomic E-state index is 12.0. The standard InChI is InChI=1S/C13H15NO5/c1-7(13(16)17)14-12(15)11-8(2)18-9-5-3-4-6-10(9)19-11/h3-8,11H,1-2H3,(H,14,15)(H,16,17)/t7-,8?,11?/m1/s1. The predicted molar refractivity (Wildman–Crippen MR) is 66.2 cm³/mol. The van der Waals surface area contributed by atoms with Crippen molar-refractivity contribution in [2.24, 2.45) is 0 Å². The third kappa shape index (κ3) is 2.78. The van der Waals surface area contributed by atoms with Gasteiger partial charge in [0.25, 0.3) is 5.91 Å². The Bertz CT molecular complexity index is 502. The van der Waals surface area contributed by atoms with Gasteiger partial charge >= 0.3 is 5.97 Å². The van der Waals surface area contributed by atoms with E-state index in [1.807, 2.05) is 6.07 Å². The van der Waals surface area contributed by atoms with Crippen molar-refractivity contribution in [2.75, 3.05) is 0 Å². The van der Waals surface area contributed by atoms with Gasteiger partial charge in [-0.2, -0.15) is 0 Å². The van der Waals surface area contributed by atoms with E-state index in [1.54, 1.807) is 25.1 Å². The summed E-state index contributed by atoms with van der Waals surface area (Å²) in [7, 11) is 0. The van der Waals surface area contributed by atoms with Gasteiger partial charge in [0.1, 0.15) is 12.1 Å². The Balaban J connectivity index is 2.10. The molecule has 2 rings (SSSR count). The van der Waals surface area contributed by atoms with Crippen LogP contribution in [0, 0.1) is 0 Å². The van der Waals surface area contributed by atoms with Crippen molar-refractivity contribution >= 4 is 11.9 Å². The van der Waals surface area contributed by atoms with Crippen LogP contribution in [0.2, 0.25) is 0 Å². The van der Waals surface area contributed by atoms with Crippen LogP contribution in [-0.4, -0.2) is 35.2 Å². The van der Waals surface area contributed by atoms with Crippen LogP contribution < -0.4 is 14.8 Å². The van der Waals surface area contributed by atoms with Crippen LogP contribution in [-0.2, 0) is 9.59 Å². The lowest BCUT2D eigenvalue weighted by atomic mass is 10.1. The number of para-hydroxylation sites is 2. The molecule has 1 aliphatic rings. The van der Waals surface area contributed by atoms with E-state index in [1.165, 1.54) is 6.92 Å². The molecule has 0 aromatic heterocycles. The van der Waals surface area contributed by atoms with Gasteiger partial charge in [-0.3, -0.25) is 9.59 Å².